The second kappa shape index (κ2) is 9.11. The summed E-state index contributed by atoms with van der Waals surface area (Å²) in [6, 6.07) is 5.77. The van der Waals surface area contributed by atoms with E-state index in [4.69, 9.17) is 8.92 Å². The molecule has 0 unspecified atom stereocenters. The Morgan fingerprint density at radius 1 is 1.41 bits per heavy atom. The van der Waals surface area contributed by atoms with Crippen molar-refractivity contribution < 1.29 is 13.7 Å². The minimum atomic E-state index is -0.169. The minimum absolute atomic E-state index is 0.169. The lowest BCUT2D eigenvalue weighted by atomic mass is 10.1. The highest BCUT2D eigenvalue weighted by Gasteiger charge is 2.06. The molecule has 0 aliphatic heterocycles. The maximum atomic E-state index is 11.2. The molecule has 0 saturated heterocycles. The van der Waals surface area contributed by atoms with Crippen molar-refractivity contribution in [3.8, 4) is 5.75 Å². The van der Waals surface area contributed by atoms with Gasteiger partial charge in [0.15, 0.2) is 0 Å². The van der Waals surface area contributed by atoms with E-state index >= 15 is 0 Å². The van der Waals surface area contributed by atoms with Crippen LogP contribution in [-0.4, -0.2) is 37.8 Å². The van der Waals surface area contributed by atoms with Gasteiger partial charge in [-0.05, 0) is 30.2 Å². The molecule has 0 aliphatic carbocycles. The van der Waals surface area contributed by atoms with Gasteiger partial charge in [0.2, 0.25) is 0 Å². The van der Waals surface area contributed by atoms with Gasteiger partial charge >= 0.3 is 6.03 Å². The van der Waals surface area contributed by atoms with Gasteiger partial charge in [-0.1, -0.05) is 0 Å². The summed E-state index contributed by atoms with van der Waals surface area (Å²) in [5, 5.41) is 6.43. The first kappa shape index (κ1) is 17.2. The Morgan fingerprint density at radius 2 is 2.27 bits per heavy atom. The van der Waals surface area contributed by atoms with Gasteiger partial charge in [-0.15, -0.1) is 0 Å². The van der Waals surface area contributed by atoms with Crippen molar-refractivity contribution in [1.29, 1.82) is 0 Å². The highest BCUT2D eigenvalue weighted by Crippen LogP contribution is 2.24. The Bertz CT molecular complexity index is 620. The monoisotopic (exact) mass is 435 g/mol. The third-order valence-corrected chi connectivity index (χ3v) is 4.14. The molecule has 2 aromatic rings. The molecule has 0 aliphatic rings. The van der Waals surface area contributed by atoms with E-state index in [2.05, 4.69) is 36.8 Å². The van der Waals surface area contributed by atoms with Gasteiger partial charge in [0.25, 0.3) is 0 Å². The lowest BCUT2D eigenvalue weighted by Crippen LogP contribution is -2.33. The Balaban J connectivity index is 1.97. The standard InChI is InChI=1S/C14H18IN3O3S/c1-16-14(19)17-5-4-10-9-18-13-3-2-11(8-12(10)13)20-6-7-21-22-15/h2-3,8-9,18H,4-7H2,1H3,(H2,16,17,19). The number of rotatable bonds is 8. The number of halogens is 1. The lowest BCUT2D eigenvalue weighted by molar-refractivity contribution is 0.241. The summed E-state index contributed by atoms with van der Waals surface area (Å²) in [7, 11) is 2.90. The molecule has 1 heterocycles. The van der Waals surface area contributed by atoms with Crippen molar-refractivity contribution in [2.24, 2.45) is 0 Å². The number of nitrogens with one attached hydrogen (secondary N) is 3. The van der Waals surface area contributed by atoms with Crippen LogP contribution in [0.25, 0.3) is 10.9 Å². The first-order valence-electron chi connectivity index (χ1n) is 6.83. The number of hydrogen-bond donors (Lipinski definition) is 3. The topological polar surface area (TPSA) is 75.4 Å². The number of carbonyl (C=O) groups is 1. The lowest BCUT2D eigenvalue weighted by Gasteiger charge is -2.07. The van der Waals surface area contributed by atoms with Crippen LogP contribution >= 0.6 is 30.4 Å². The molecular weight excluding hydrogens is 417 g/mol. The fourth-order valence-corrected chi connectivity index (χ4v) is 2.75. The molecule has 1 aromatic heterocycles. The molecule has 0 radical (unpaired) electrons. The largest absolute Gasteiger partial charge is 0.491 e. The van der Waals surface area contributed by atoms with Gasteiger partial charge in [0.1, 0.15) is 12.4 Å². The average Bonchev–Trinajstić information content (AvgIpc) is 2.94. The minimum Gasteiger partial charge on any atom is -0.491 e. The number of aromatic nitrogens is 1. The Hall–Kier alpha value is -1.13. The first-order valence-corrected chi connectivity index (χ1v) is 10.1. The summed E-state index contributed by atoms with van der Waals surface area (Å²) >= 11 is 2.08. The normalized spacial score (nSPS) is 10.6. The van der Waals surface area contributed by atoms with Crippen LogP contribution < -0.4 is 15.4 Å². The summed E-state index contributed by atoms with van der Waals surface area (Å²) in [5.41, 5.74) is 2.21. The molecule has 2 amide bonds. The smallest absolute Gasteiger partial charge is 0.314 e. The number of carbonyl (C=O) groups excluding carboxylic acids is 1. The Kier molecular flexibility index (Phi) is 7.13. The van der Waals surface area contributed by atoms with Crippen molar-refractivity contribution >= 4 is 47.4 Å². The number of H-pyrrole nitrogens is 1. The van der Waals surface area contributed by atoms with Gasteiger partial charge < -0.3 is 24.5 Å². The van der Waals surface area contributed by atoms with Gasteiger partial charge in [0, 0.05) is 51.9 Å². The van der Waals surface area contributed by atoms with Gasteiger partial charge in [-0.3, -0.25) is 0 Å². The summed E-state index contributed by atoms with van der Waals surface area (Å²) in [4.78, 5) is 14.4. The van der Waals surface area contributed by atoms with Gasteiger partial charge in [-0.25, -0.2) is 4.79 Å². The fraction of sp³-hybridized carbons (Fsp3) is 0.357. The van der Waals surface area contributed by atoms with E-state index in [0.717, 1.165) is 28.6 Å². The second-order valence-corrected chi connectivity index (χ2v) is 5.95. The fourth-order valence-electron chi connectivity index (χ4n) is 2.08. The molecule has 3 N–H and O–H groups in total. The number of ether oxygens (including phenoxy) is 1. The summed E-state index contributed by atoms with van der Waals surface area (Å²) < 4.78 is 10.8. The molecule has 0 fully saturated rings. The molecule has 120 valence electrons. The quantitative estimate of drug-likeness (QED) is 0.339. The van der Waals surface area contributed by atoms with E-state index in [9.17, 15) is 4.79 Å². The molecule has 0 saturated carbocycles. The van der Waals surface area contributed by atoms with Gasteiger partial charge in [0.05, 0.1) is 15.8 Å². The van der Waals surface area contributed by atoms with Crippen molar-refractivity contribution in [1.82, 2.24) is 15.6 Å². The molecular formula is C14H18IN3O3S. The average molecular weight is 435 g/mol. The predicted octanol–water partition coefficient (Wildman–Crippen LogP) is 3.03. The van der Waals surface area contributed by atoms with Crippen LogP contribution in [0, 0.1) is 0 Å². The Labute approximate surface area is 145 Å². The van der Waals surface area contributed by atoms with E-state index in [-0.39, 0.29) is 6.03 Å². The molecule has 6 nitrogen and oxygen atoms in total. The molecule has 0 bridgehead atoms. The van der Waals surface area contributed by atoms with E-state index in [1.807, 2.05) is 24.4 Å². The third-order valence-electron chi connectivity index (χ3n) is 3.13. The number of amides is 2. The van der Waals surface area contributed by atoms with Crippen LogP contribution in [0.2, 0.25) is 0 Å². The molecule has 2 rings (SSSR count). The number of benzene rings is 1. The zero-order chi connectivity index (χ0) is 15.8. The van der Waals surface area contributed by atoms with Crippen LogP contribution in [0.5, 0.6) is 5.75 Å². The van der Waals surface area contributed by atoms with E-state index in [0.29, 0.717) is 19.8 Å². The van der Waals surface area contributed by atoms with Crippen LogP contribution in [-0.2, 0) is 10.6 Å². The zero-order valence-electron chi connectivity index (χ0n) is 12.1. The second-order valence-electron chi connectivity index (χ2n) is 4.51. The van der Waals surface area contributed by atoms with Crippen molar-refractivity contribution in [3.63, 3.8) is 0 Å². The maximum Gasteiger partial charge on any atom is 0.314 e. The van der Waals surface area contributed by atoms with Crippen molar-refractivity contribution in [3.05, 3.63) is 30.0 Å². The summed E-state index contributed by atoms with van der Waals surface area (Å²) in [6.45, 7) is 1.64. The van der Waals surface area contributed by atoms with Crippen LogP contribution in [0.1, 0.15) is 5.56 Å². The predicted molar refractivity (Wildman–Crippen MR) is 97.5 cm³/mol. The number of fused-ring (bicyclic) bond motifs is 1. The maximum absolute atomic E-state index is 11.2. The van der Waals surface area contributed by atoms with E-state index in [1.54, 1.807) is 7.05 Å². The first-order chi connectivity index (χ1) is 10.7. The highest BCUT2D eigenvalue weighted by molar-refractivity contribution is 14.2. The molecule has 0 atom stereocenters. The Morgan fingerprint density at radius 3 is 3.05 bits per heavy atom. The van der Waals surface area contributed by atoms with Crippen LogP contribution in [0.15, 0.2) is 24.4 Å². The SMILES string of the molecule is CNC(=O)NCCc1c[nH]c2ccc(OCCOSI)cc12. The van der Waals surface area contributed by atoms with E-state index in [1.165, 1.54) is 9.21 Å². The highest BCUT2D eigenvalue weighted by atomic mass is 127. The van der Waals surface area contributed by atoms with Crippen LogP contribution in [0.4, 0.5) is 4.79 Å². The number of urea groups is 1. The zero-order valence-corrected chi connectivity index (χ0v) is 15.1. The molecule has 1 aromatic carbocycles. The summed E-state index contributed by atoms with van der Waals surface area (Å²) in [5.74, 6) is 0.815. The molecule has 8 heteroatoms. The van der Waals surface area contributed by atoms with Gasteiger partial charge in [-0.2, -0.15) is 0 Å². The van der Waals surface area contributed by atoms with Crippen LogP contribution in [0.3, 0.4) is 0 Å². The third kappa shape index (κ3) is 4.96. The van der Waals surface area contributed by atoms with Crippen molar-refractivity contribution in [2.75, 3.05) is 26.8 Å². The van der Waals surface area contributed by atoms with E-state index < -0.39 is 0 Å². The van der Waals surface area contributed by atoms with Crippen molar-refractivity contribution in [2.45, 2.75) is 6.42 Å². The number of aromatic amines is 1. The molecule has 22 heavy (non-hydrogen) atoms. The number of hydrogen-bond acceptors (Lipinski definition) is 4. The summed E-state index contributed by atoms with van der Waals surface area (Å²) in [6.07, 6.45) is 2.72. The molecule has 0 spiro atoms.